The molecule has 0 amide bonds. The Morgan fingerprint density at radius 2 is 2.22 bits per heavy atom. The van der Waals surface area contributed by atoms with Crippen molar-refractivity contribution in [2.24, 2.45) is 0 Å². The van der Waals surface area contributed by atoms with Gasteiger partial charge in [0.1, 0.15) is 5.76 Å². The highest BCUT2D eigenvalue weighted by Crippen LogP contribution is 2.21. The summed E-state index contributed by atoms with van der Waals surface area (Å²) in [7, 11) is 0. The second-order valence-electron chi connectivity index (χ2n) is 4.33. The van der Waals surface area contributed by atoms with Crippen LogP contribution in [-0.4, -0.2) is 5.16 Å². The maximum Gasteiger partial charge on any atom is 0.133 e. The lowest BCUT2D eigenvalue weighted by Gasteiger charge is -2.16. The fraction of sp³-hybridized carbons (Fsp3) is 0.357. The van der Waals surface area contributed by atoms with Crippen molar-refractivity contribution >= 4 is 15.9 Å². The Morgan fingerprint density at radius 1 is 1.39 bits per heavy atom. The number of nitrogens with zero attached hydrogens (tertiary/aromatic N) is 1. The van der Waals surface area contributed by atoms with Crippen molar-refractivity contribution in [3.05, 3.63) is 51.8 Å². The molecule has 0 saturated heterocycles. The van der Waals surface area contributed by atoms with Gasteiger partial charge in [-0.2, -0.15) is 0 Å². The molecule has 2 rings (SSSR count). The first kappa shape index (κ1) is 13.3. The molecule has 0 bridgehead atoms. The number of rotatable bonds is 5. The molecule has 1 aromatic heterocycles. The summed E-state index contributed by atoms with van der Waals surface area (Å²) in [5.74, 6) is 0.849. The van der Waals surface area contributed by atoms with Gasteiger partial charge in [-0.25, -0.2) is 0 Å². The van der Waals surface area contributed by atoms with E-state index in [9.17, 15) is 0 Å². The minimum absolute atomic E-state index is 0.333. The smallest absolute Gasteiger partial charge is 0.133 e. The van der Waals surface area contributed by atoms with Crippen molar-refractivity contribution in [3.63, 3.8) is 0 Å². The molecule has 0 spiro atoms. The molecule has 1 atom stereocenters. The van der Waals surface area contributed by atoms with Gasteiger partial charge in [0.05, 0.1) is 5.69 Å². The Bertz CT molecular complexity index is 510. The predicted octanol–water partition coefficient (Wildman–Crippen LogP) is 3.99. The Kier molecular flexibility index (Phi) is 4.55. The maximum absolute atomic E-state index is 5.06. The van der Waals surface area contributed by atoms with Crippen LogP contribution < -0.4 is 5.32 Å². The zero-order chi connectivity index (χ0) is 13.0. The molecule has 2 aromatic rings. The summed E-state index contributed by atoms with van der Waals surface area (Å²) < 4.78 is 6.17. The van der Waals surface area contributed by atoms with E-state index >= 15 is 0 Å². The van der Waals surface area contributed by atoms with E-state index in [1.807, 2.05) is 19.1 Å². The number of aryl methyl sites for hydroxylation is 1. The molecule has 0 aliphatic carbocycles. The number of nitrogens with one attached hydrogen (secondary N) is 1. The Hall–Kier alpha value is -1.13. The predicted molar refractivity (Wildman–Crippen MR) is 75.3 cm³/mol. The van der Waals surface area contributed by atoms with Crippen LogP contribution in [0.1, 0.15) is 36.4 Å². The third-order valence-electron chi connectivity index (χ3n) is 2.87. The van der Waals surface area contributed by atoms with Gasteiger partial charge in [0, 0.05) is 23.1 Å². The molecular weight excluding hydrogens is 292 g/mol. The quantitative estimate of drug-likeness (QED) is 0.907. The van der Waals surface area contributed by atoms with E-state index in [2.05, 4.69) is 51.5 Å². The Balaban J connectivity index is 2.01. The van der Waals surface area contributed by atoms with Crippen LogP contribution in [0.2, 0.25) is 0 Å². The molecule has 0 radical (unpaired) electrons. The van der Waals surface area contributed by atoms with Crippen LogP contribution in [-0.2, 0) is 6.54 Å². The SMILES string of the molecule is CCC(NCc1cc(C)on1)c1cccc(Br)c1. The van der Waals surface area contributed by atoms with Crippen LogP contribution in [0.15, 0.2) is 39.3 Å². The van der Waals surface area contributed by atoms with Gasteiger partial charge >= 0.3 is 0 Å². The fourth-order valence-electron chi connectivity index (χ4n) is 1.95. The van der Waals surface area contributed by atoms with Crippen molar-refractivity contribution < 1.29 is 4.52 Å². The monoisotopic (exact) mass is 308 g/mol. The summed E-state index contributed by atoms with van der Waals surface area (Å²) in [6, 6.07) is 10.7. The van der Waals surface area contributed by atoms with E-state index in [0.717, 1.165) is 28.9 Å². The van der Waals surface area contributed by atoms with Gasteiger partial charge in [-0.3, -0.25) is 0 Å². The normalized spacial score (nSPS) is 12.6. The maximum atomic E-state index is 5.06. The zero-order valence-corrected chi connectivity index (χ0v) is 12.2. The van der Waals surface area contributed by atoms with E-state index in [-0.39, 0.29) is 0 Å². The van der Waals surface area contributed by atoms with Crippen molar-refractivity contribution in [1.29, 1.82) is 0 Å². The molecule has 18 heavy (non-hydrogen) atoms. The van der Waals surface area contributed by atoms with E-state index < -0.39 is 0 Å². The third-order valence-corrected chi connectivity index (χ3v) is 3.36. The molecule has 1 N–H and O–H groups in total. The summed E-state index contributed by atoms with van der Waals surface area (Å²) in [5, 5.41) is 7.49. The van der Waals surface area contributed by atoms with Gasteiger partial charge in [-0.05, 0) is 31.0 Å². The van der Waals surface area contributed by atoms with Crippen molar-refractivity contribution in [1.82, 2.24) is 10.5 Å². The zero-order valence-electron chi connectivity index (χ0n) is 10.6. The first-order valence-electron chi connectivity index (χ1n) is 6.10. The summed E-state index contributed by atoms with van der Waals surface area (Å²) in [6.45, 7) is 4.80. The average molecular weight is 309 g/mol. The van der Waals surface area contributed by atoms with E-state index in [4.69, 9.17) is 4.52 Å². The summed E-state index contributed by atoms with van der Waals surface area (Å²) >= 11 is 3.50. The fourth-order valence-corrected chi connectivity index (χ4v) is 2.37. The minimum atomic E-state index is 0.333. The molecule has 0 fully saturated rings. The average Bonchev–Trinajstić information content (AvgIpc) is 2.76. The van der Waals surface area contributed by atoms with Gasteiger partial charge in [0.25, 0.3) is 0 Å². The summed E-state index contributed by atoms with van der Waals surface area (Å²) in [4.78, 5) is 0. The number of benzene rings is 1. The van der Waals surface area contributed by atoms with Crippen LogP contribution in [0.5, 0.6) is 0 Å². The molecule has 1 unspecified atom stereocenters. The molecule has 0 aliphatic rings. The van der Waals surface area contributed by atoms with E-state index in [0.29, 0.717) is 6.04 Å². The van der Waals surface area contributed by atoms with E-state index in [1.54, 1.807) is 0 Å². The largest absolute Gasteiger partial charge is 0.361 e. The molecule has 3 nitrogen and oxygen atoms in total. The Labute approximate surface area is 116 Å². The highest BCUT2D eigenvalue weighted by atomic mass is 79.9. The molecule has 0 saturated carbocycles. The van der Waals surface area contributed by atoms with Crippen molar-refractivity contribution in [2.45, 2.75) is 32.9 Å². The van der Waals surface area contributed by atoms with Crippen LogP contribution in [0, 0.1) is 6.92 Å². The standard InChI is InChI=1S/C14H17BrN2O/c1-3-14(11-5-4-6-12(15)8-11)16-9-13-7-10(2)18-17-13/h4-8,14,16H,3,9H2,1-2H3. The molecule has 1 heterocycles. The lowest BCUT2D eigenvalue weighted by Crippen LogP contribution is -2.20. The van der Waals surface area contributed by atoms with Crippen LogP contribution in [0.25, 0.3) is 0 Å². The number of hydrogen-bond donors (Lipinski definition) is 1. The first-order valence-corrected chi connectivity index (χ1v) is 6.89. The van der Waals surface area contributed by atoms with Gasteiger partial charge in [0.2, 0.25) is 0 Å². The van der Waals surface area contributed by atoms with Gasteiger partial charge in [0.15, 0.2) is 0 Å². The number of aromatic nitrogens is 1. The highest BCUT2D eigenvalue weighted by molar-refractivity contribution is 9.10. The van der Waals surface area contributed by atoms with Gasteiger partial charge in [-0.15, -0.1) is 0 Å². The van der Waals surface area contributed by atoms with Crippen LogP contribution in [0.4, 0.5) is 0 Å². The molecule has 96 valence electrons. The lowest BCUT2D eigenvalue weighted by atomic mass is 10.0. The van der Waals surface area contributed by atoms with Crippen LogP contribution >= 0.6 is 15.9 Å². The first-order chi connectivity index (χ1) is 8.69. The minimum Gasteiger partial charge on any atom is -0.361 e. The summed E-state index contributed by atoms with van der Waals surface area (Å²) in [5.41, 5.74) is 2.23. The Morgan fingerprint density at radius 3 is 2.83 bits per heavy atom. The summed E-state index contributed by atoms with van der Waals surface area (Å²) in [6.07, 6.45) is 1.04. The molecule has 0 aliphatic heterocycles. The molecule has 1 aromatic carbocycles. The van der Waals surface area contributed by atoms with Crippen LogP contribution in [0.3, 0.4) is 0 Å². The molecule has 4 heteroatoms. The molecular formula is C14H17BrN2O. The van der Waals surface area contributed by atoms with Gasteiger partial charge < -0.3 is 9.84 Å². The van der Waals surface area contributed by atoms with Gasteiger partial charge in [-0.1, -0.05) is 40.1 Å². The number of hydrogen-bond acceptors (Lipinski definition) is 3. The third kappa shape index (κ3) is 3.43. The topological polar surface area (TPSA) is 38.1 Å². The lowest BCUT2D eigenvalue weighted by molar-refractivity contribution is 0.385. The second-order valence-corrected chi connectivity index (χ2v) is 5.24. The van der Waals surface area contributed by atoms with Crippen molar-refractivity contribution in [2.75, 3.05) is 0 Å². The number of halogens is 1. The second kappa shape index (κ2) is 6.16. The highest BCUT2D eigenvalue weighted by Gasteiger charge is 2.10. The van der Waals surface area contributed by atoms with E-state index in [1.165, 1.54) is 5.56 Å². The van der Waals surface area contributed by atoms with Crippen molar-refractivity contribution in [3.8, 4) is 0 Å².